The Labute approximate surface area is 123 Å². The smallest absolute Gasteiger partial charge is 0.225 e. The first kappa shape index (κ1) is 12.8. The van der Waals surface area contributed by atoms with Gasteiger partial charge in [0.1, 0.15) is 5.52 Å². The quantitative estimate of drug-likeness (QED) is 0.864. The summed E-state index contributed by atoms with van der Waals surface area (Å²) < 4.78 is 5.76. The summed E-state index contributed by atoms with van der Waals surface area (Å²) in [6.45, 7) is 4.18. The number of nitrogens with zero attached hydrogens (tertiary/aromatic N) is 3. The van der Waals surface area contributed by atoms with Crippen molar-refractivity contribution in [1.82, 2.24) is 14.8 Å². The van der Waals surface area contributed by atoms with E-state index in [1.165, 1.54) is 0 Å². The van der Waals surface area contributed by atoms with Gasteiger partial charge in [0.05, 0.1) is 6.54 Å². The van der Waals surface area contributed by atoms with Crippen LogP contribution in [-0.2, 0) is 11.3 Å². The Bertz CT molecular complexity index is 621. The van der Waals surface area contributed by atoms with E-state index in [0.717, 1.165) is 62.6 Å². The topological polar surface area (TPSA) is 49.6 Å². The van der Waals surface area contributed by atoms with Gasteiger partial charge in [-0.15, -0.1) is 0 Å². The largest absolute Gasteiger partial charge is 0.439 e. The molecule has 1 aromatic carbocycles. The van der Waals surface area contributed by atoms with Crippen molar-refractivity contribution in [2.75, 3.05) is 26.2 Å². The summed E-state index contributed by atoms with van der Waals surface area (Å²) >= 11 is 0. The minimum atomic E-state index is 0.327. The molecule has 5 nitrogen and oxygen atoms in total. The number of piperazine rings is 1. The molecule has 5 heteroatoms. The van der Waals surface area contributed by atoms with Crippen LogP contribution >= 0.6 is 0 Å². The lowest BCUT2D eigenvalue weighted by atomic mass is 10.2. The Morgan fingerprint density at radius 3 is 2.67 bits per heavy atom. The Morgan fingerprint density at radius 2 is 1.95 bits per heavy atom. The SMILES string of the molecule is O=C(C1CC1)N1CCN(Cc2nc3ccccc3o2)CC1. The van der Waals surface area contributed by atoms with Crippen molar-refractivity contribution >= 4 is 17.0 Å². The molecule has 21 heavy (non-hydrogen) atoms. The maximum absolute atomic E-state index is 12.0. The van der Waals surface area contributed by atoms with Crippen LogP contribution in [0.4, 0.5) is 0 Å². The second-order valence-electron chi connectivity index (χ2n) is 5.95. The summed E-state index contributed by atoms with van der Waals surface area (Å²) in [5.74, 6) is 1.45. The van der Waals surface area contributed by atoms with Crippen molar-refractivity contribution in [3.8, 4) is 0 Å². The molecule has 0 radical (unpaired) electrons. The van der Waals surface area contributed by atoms with E-state index in [1.54, 1.807) is 0 Å². The predicted octanol–water partition coefficient (Wildman–Crippen LogP) is 1.88. The lowest BCUT2D eigenvalue weighted by Gasteiger charge is -2.34. The van der Waals surface area contributed by atoms with Crippen LogP contribution in [-0.4, -0.2) is 46.9 Å². The van der Waals surface area contributed by atoms with Crippen LogP contribution in [0, 0.1) is 5.92 Å². The highest BCUT2D eigenvalue weighted by molar-refractivity contribution is 5.81. The Hall–Kier alpha value is -1.88. The van der Waals surface area contributed by atoms with Crippen molar-refractivity contribution in [2.24, 2.45) is 5.92 Å². The third-order valence-electron chi connectivity index (χ3n) is 4.31. The number of carbonyl (C=O) groups is 1. The molecule has 1 aliphatic carbocycles. The number of oxazole rings is 1. The molecule has 1 saturated heterocycles. The fraction of sp³-hybridized carbons (Fsp3) is 0.500. The monoisotopic (exact) mass is 285 g/mol. The molecule has 0 bridgehead atoms. The lowest BCUT2D eigenvalue weighted by molar-refractivity contribution is -0.134. The van der Waals surface area contributed by atoms with E-state index in [2.05, 4.69) is 9.88 Å². The van der Waals surface area contributed by atoms with E-state index in [9.17, 15) is 4.79 Å². The molecule has 2 aromatic rings. The van der Waals surface area contributed by atoms with Gasteiger partial charge in [-0.2, -0.15) is 0 Å². The molecule has 0 N–H and O–H groups in total. The maximum Gasteiger partial charge on any atom is 0.225 e. The number of benzene rings is 1. The molecule has 1 aliphatic heterocycles. The van der Waals surface area contributed by atoms with Crippen LogP contribution in [0.3, 0.4) is 0 Å². The van der Waals surface area contributed by atoms with E-state index < -0.39 is 0 Å². The number of para-hydroxylation sites is 2. The molecule has 2 fully saturated rings. The Kier molecular flexibility index (Phi) is 3.15. The van der Waals surface area contributed by atoms with Gasteiger partial charge in [-0.05, 0) is 25.0 Å². The number of amides is 1. The fourth-order valence-corrected chi connectivity index (χ4v) is 2.89. The molecule has 1 amide bonds. The first-order valence-electron chi connectivity index (χ1n) is 7.65. The first-order chi connectivity index (χ1) is 10.3. The first-order valence-corrected chi connectivity index (χ1v) is 7.65. The molecule has 4 rings (SSSR count). The van der Waals surface area contributed by atoms with Crippen LogP contribution in [0.2, 0.25) is 0 Å². The number of fused-ring (bicyclic) bond motifs is 1. The van der Waals surface area contributed by atoms with Gasteiger partial charge >= 0.3 is 0 Å². The third-order valence-corrected chi connectivity index (χ3v) is 4.31. The molecule has 0 atom stereocenters. The normalized spacial score (nSPS) is 20.1. The average molecular weight is 285 g/mol. The standard InChI is InChI=1S/C16H19N3O2/c20-16(12-5-6-12)19-9-7-18(8-10-19)11-15-17-13-3-1-2-4-14(13)21-15/h1-4,12H,5-11H2. The van der Waals surface area contributed by atoms with Gasteiger partial charge in [-0.25, -0.2) is 4.98 Å². The van der Waals surface area contributed by atoms with E-state index >= 15 is 0 Å². The van der Waals surface area contributed by atoms with E-state index in [0.29, 0.717) is 11.8 Å². The lowest BCUT2D eigenvalue weighted by Crippen LogP contribution is -2.48. The highest BCUT2D eigenvalue weighted by Crippen LogP contribution is 2.31. The van der Waals surface area contributed by atoms with E-state index in [1.807, 2.05) is 29.2 Å². The van der Waals surface area contributed by atoms with Gasteiger partial charge in [-0.1, -0.05) is 12.1 Å². The van der Waals surface area contributed by atoms with Gasteiger partial charge in [0.25, 0.3) is 0 Å². The number of carbonyl (C=O) groups excluding carboxylic acids is 1. The number of rotatable bonds is 3. The van der Waals surface area contributed by atoms with Crippen molar-refractivity contribution in [1.29, 1.82) is 0 Å². The van der Waals surface area contributed by atoms with Crippen molar-refractivity contribution < 1.29 is 9.21 Å². The zero-order valence-electron chi connectivity index (χ0n) is 12.0. The summed E-state index contributed by atoms with van der Waals surface area (Å²) in [6.07, 6.45) is 2.17. The summed E-state index contributed by atoms with van der Waals surface area (Å²) in [4.78, 5) is 20.9. The van der Waals surface area contributed by atoms with Crippen molar-refractivity contribution in [3.63, 3.8) is 0 Å². The second kappa shape index (κ2) is 5.15. The summed E-state index contributed by atoms with van der Waals surface area (Å²) in [5.41, 5.74) is 1.75. The van der Waals surface area contributed by atoms with Crippen molar-refractivity contribution in [2.45, 2.75) is 19.4 Å². The zero-order valence-corrected chi connectivity index (χ0v) is 12.0. The maximum atomic E-state index is 12.0. The minimum Gasteiger partial charge on any atom is -0.439 e. The molecular formula is C16H19N3O2. The number of hydrogen-bond donors (Lipinski definition) is 0. The fourth-order valence-electron chi connectivity index (χ4n) is 2.89. The highest BCUT2D eigenvalue weighted by atomic mass is 16.3. The van der Waals surface area contributed by atoms with E-state index in [-0.39, 0.29) is 0 Å². The molecule has 0 spiro atoms. The van der Waals surface area contributed by atoms with Gasteiger partial charge < -0.3 is 9.32 Å². The van der Waals surface area contributed by atoms with Gasteiger partial charge in [0.2, 0.25) is 11.8 Å². The van der Waals surface area contributed by atoms with E-state index in [4.69, 9.17) is 4.42 Å². The molecule has 2 aliphatic rings. The predicted molar refractivity (Wildman–Crippen MR) is 78.6 cm³/mol. The van der Waals surface area contributed by atoms with Crippen LogP contribution < -0.4 is 0 Å². The third kappa shape index (κ3) is 2.65. The Morgan fingerprint density at radius 1 is 1.19 bits per heavy atom. The van der Waals surface area contributed by atoms with Crippen molar-refractivity contribution in [3.05, 3.63) is 30.2 Å². The number of aromatic nitrogens is 1. The molecule has 1 aromatic heterocycles. The average Bonchev–Trinajstić information content (AvgIpc) is 3.27. The molecule has 1 saturated carbocycles. The summed E-state index contributed by atoms with van der Waals surface area (Å²) in [6, 6.07) is 7.84. The molecule has 0 unspecified atom stereocenters. The minimum absolute atomic E-state index is 0.327. The molecule has 110 valence electrons. The van der Waals surface area contributed by atoms with Gasteiger partial charge in [0.15, 0.2) is 5.58 Å². The molecule has 2 heterocycles. The van der Waals surface area contributed by atoms with Crippen LogP contribution in [0.5, 0.6) is 0 Å². The number of hydrogen-bond acceptors (Lipinski definition) is 4. The van der Waals surface area contributed by atoms with Crippen LogP contribution in [0.1, 0.15) is 18.7 Å². The zero-order chi connectivity index (χ0) is 14.2. The van der Waals surface area contributed by atoms with Crippen LogP contribution in [0.25, 0.3) is 11.1 Å². The van der Waals surface area contributed by atoms with Crippen LogP contribution in [0.15, 0.2) is 28.7 Å². The second-order valence-corrected chi connectivity index (χ2v) is 5.95. The van der Waals surface area contributed by atoms with Gasteiger partial charge in [0, 0.05) is 32.1 Å². The van der Waals surface area contributed by atoms with Gasteiger partial charge in [-0.3, -0.25) is 9.69 Å². The summed E-state index contributed by atoms with van der Waals surface area (Å²) in [7, 11) is 0. The molecular weight excluding hydrogens is 266 g/mol. The Balaban J connectivity index is 1.36. The highest BCUT2D eigenvalue weighted by Gasteiger charge is 2.34. The summed E-state index contributed by atoms with van der Waals surface area (Å²) in [5, 5.41) is 0.